The molecule has 0 saturated heterocycles. The molecule has 110 valence electrons. The van der Waals surface area contributed by atoms with Crippen molar-refractivity contribution in [2.45, 2.75) is 6.54 Å². The van der Waals surface area contributed by atoms with E-state index in [-0.39, 0.29) is 11.5 Å². The Balaban J connectivity index is 2.05. The van der Waals surface area contributed by atoms with Gasteiger partial charge in [-0.15, -0.1) is 0 Å². The Kier molecular flexibility index (Phi) is 3.92. The number of benzene rings is 2. The molecule has 0 aliphatic heterocycles. The van der Waals surface area contributed by atoms with Gasteiger partial charge in [-0.2, -0.15) is 0 Å². The van der Waals surface area contributed by atoms with E-state index in [1.54, 1.807) is 36.7 Å². The zero-order chi connectivity index (χ0) is 15.4. The number of aromatic hydroxyl groups is 2. The van der Waals surface area contributed by atoms with Gasteiger partial charge in [0.2, 0.25) is 0 Å². The van der Waals surface area contributed by atoms with Gasteiger partial charge in [0.25, 0.3) is 0 Å². The molecule has 4 nitrogen and oxygen atoms in total. The topological polar surface area (TPSA) is 56.6 Å². The normalized spacial score (nSPS) is 10.4. The Morgan fingerprint density at radius 1 is 0.818 bits per heavy atom. The van der Waals surface area contributed by atoms with Crippen LogP contribution in [-0.2, 0) is 6.54 Å². The first-order chi connectivity index (χ1) is 10.8. The summed E-state index contributed by atoms with van der Waals surface area (Å²) in [5, 5.41) is 20.2. The molecule has 22 heavy (non-hydrogen) atoms. The van der Waals surface area contributed by atoms with Crippen LogP contribution in [0.3, 0.4) is 0 Å². The monoisotopic (exact) mass is 292 g/mol. The first-order valence-electron chi connectivity index (χ1n) is 6.98. The van der Waals surface area contributed by atoms with Crippen LogP contribution in [0.25, 0.3) is 0 Å². The maximum Gasteiger partial charge on any atom is 0.139 e. The molecule has 0 amide bonds. The maximum atomic E-state index is 10.2. The van der Waals surface area contributed by atoms with Crippen LogP contribution in [0.5, 0.6) is 11.5 Å². The van der Waals surface area contributed by atoms with Gasteiger partial charge in [-0.3, -0.25) is 4.98 Å². The van der Waals surface area contributed by atoms with E-state index in [2.05, 4.69) is 4.98 Å². The van der Waals surface area contributed by atoms with Crippen LogP contribution in [0.2, 0.25) is 0 Å². The number of rotatable bonds is 4. The van der Waals surface area contributed by atoms with Crippen molar-refractivity contribution in [3.8, 4) is 11.5 Å². The summed E-state index contributed by atoms with van der Waals surface area (Å²) in [5.41, 5.74) is 2.28. The highest BCUT2D eigenvalue weighted by Gasteiger charge is 2.15. The molecule has 1 heterocycles. The standard InChI is InChI=1S/C18H16N2O2/c21-17-9-3-1-6-14(17)13-20(15-7-5-11-19-12-15)16-8-2-4-10-18(16)22/h1-12,21-22H,13H2. The summed E-state index contributed by atoms with van der Waals surface area (Å²) in [6.45, 7) is 0.427. The summed E-state index contributed by atoms with van der Waals surface area (Å²) in [6, 6.07) is 18.1. The average molecular weight is 292 g/mol. The lowest BCUT2D eigenvalue weighted by molar-refractivity contribution is 0.466. The van der Waals surface area contributed by atoms with Crippen LogP contribution in [0.15, 0.2) is 73.1 Å². The molecule has 0 aliphatic rings. The predicted molar refractivity (Wildman–Crippen MR) is 86.3 cm³/mol. The Bertz CT molecular complexity index is 760. The molecule has 2 N–H and O–H groups in total. The molecular weight excluding hydrogens is 276 g/mol. The number of phenolic OH excluding ortho intramolecular Hbond substituents is 2. The van der Waals surface area contributed by atoms with Crippen molar-refractivity contribution in [2.24, 2.45) is 0 Å². The van der Waals surface area contributed by atoms with Crippen LogP contribution >= 0.6 is 0 Å². The molecule has 0 saturated carbocycles. The highest BCUT2D eigenvalue weighted by molar-refractivity contribution is 5.68. The molecule has 0 bridgehead atoms. The van der Waals surface area contributed by atoms with Crippen molar-refractivity contribution in [3.05, 3.63) is 78.6 Å². The van der Waals surface area contributed by atoms with Gasteiger partial charge < -0.3 is 15.1 Å². The zero-order valence-corrected chi connectivity index (χ0v) is 11.9. The second-order valence-corrected chi connectivity index (χ2v) is 4.91. The number of anilines is 2. The maximum absolute atomic E-state index is 10.2. The Morgan fingerprint density at radius 3 is 2.23 bits per heavy atom. The fraction of sp³-hybridized carbons (Fsp3) is 0.0556. The van der Waals surface area contributed by atoms with E-state index >= 15 is 0 Å². The van der Waals surface area contributed by atoms with Crippen molar-refractivity contribution in [3.63, 3.8) is 0 Å². The van der Waals surface area contributed by atoms with Crippen LogP contribution in [0.4, 0.5) is 11.4 Å². The fourth-order valence-electron chi connectivity index (χ4n) is 2.34. The molecule has 0 unspecified atom stereocenters. The van der Waals surface area contributed by atoms with Gasteiger partial charge in [0.05, 0.1) is 24.1 Å². The van der Waals surface area contributed by atoms with Gasteiger partial charge in [0.15, 0.2) is 0 Å². The molecule has 3 aromatic rings. The highest BCUT2D eigenvalue weighted by atomic mass is 16.3. The van der Waals surface area contributed by atoms with Crippen molar-refractivity contribution in [1.29, 1.82) is 0 Å². The predicted octanol–water partition coefficient (Wildman–Crippen LogP) is 3.83. The molecule has 2 aromatic carbocycles. The van der Waals surface area contributed by atoms with Crippen molar-refractivity contribution in [2.75, 3.05) is 4.90 Å². The minimum atomic E-state index is 0.182. The quantitative estimate of drug-likeness (QED) is 0.767. The third-order valence-corrected chi connectivity index (χ3v) is 3.45. The molecular formula is C18H16N2O2. The summed E-state index contributed by atoms with van der Waals surface area (Å²) in [6.07, 6.45) is 3.43. The minimum Gasteiger partial charge on any atom is -0.508 e. The first-order valence-corrected chi connectivity index (χ1v) is 6.98. The zero-order valence-electron chi connectivity index (χ0n) is 11.9. The molecule has 0 fully saturated rings. The van der Waals surface area contributed by atoms with E-state index in [1.807, 2.05) is 41.3 Å². The van der Waals surface area contributed by atoms with Crippen LogP contribution in [-0.4, -0.2) is 15.2 Å². The van der Waals surface area contributed by atoms with Gasteiger partial charge in [-0.05, 0) is 30.3 Å². The number of hydrogen-bond acceptors (Lipinski definition) is 4. The Labute approximate surface area is 128 Å². The number of nitrogens with zero attached hydrogens (tertiary/aromatic N) is 2. The van der Waals surface area contributed by atoms with Crippen molar-refractivity contribution in [1.82, 2.24) is 4.98 Å². The summed E-state index contributed by atoms with van der Waals surface area (Å²) in [4.78, 5) is 6.05. The van der Waals surface area contributed by atoms with E-state index in [0.29, 0.717) is 12.2 Å². The lowest BCUT2D eigenvalue weighted by Gasteiger charge is -2.25. The molecule has 1 aromatic heterocycles. The second-order valence-electron chi connectivity index (χ2n) is 4.91. The number of para-hydroxylation sites is 3. The van der Waals surface area contributed by atoms with Gasteiger partial charge >= 0.3 is 0 Å². The lowest BCUT2D eigenvalue weighted by Crippen LogP contribution is -2.16. The number of hydrogen-bond donors (Lipinski definition) is 2. The number of phenols is 2. The van der Waals surface area contributed by atoms with Crippen molar-refractivity contribution < 1.29 is 10.2 Å². The van der Waals surface area contributed by atoms with Crippen molar-refractivity contribution >= 4 is 11.4 Å². The van der Waals surface area contributed by atoms with E-state index < -0.39 is 0 Å². The minimum absolute atomic E-state index is 0.182. The Morgan fingerprint density at radius 2 is 1.55 bits per heavy atom. The molecule has 0 radical (unpaired) electrons. The summed E-state index contributed by atoms with van der Waals surface area (Å²) >= 11 is 0. The fourth-order valence-corrected chi connectivity index (χ4v) is 2.34. The van der Waals surface area contributed by atoms with E-state index in [4.69, 9.17) is 0 Å². The summed E-state index contributed by atoms with van der Waals surface area (Å²) in [7, 11) is 0. The lowest BCUT2D eigenvalue weighted by atomic mass is 10.1. The van der Waals surface area contributed by atoms with Crippen LogP contribution in [0, 0.1) is 0 Å². The third-order valence-electron chi connectivity index (χ3n) is 3.45. The first kappa shape index (κ1) is 13.9. The largest absolute Gasteiger partial charge is 0.508 e. The van der Waals surface area contributed by atoms with E-state index in [1.165, 1.54) is 0 Å². The van der Waals surface area contributed by atoms with E-state index in [0.717, 1.165) is 11.3 Å². The number of pyridine rings is 1. The van der Waals surface area contributed by atoms with Crippen LogP contribution < -0.4 is 4.90 Å². The molecule has 3 rings (SSSR count). The number of aromatic nitrogens is 1. The second kappa shape index (κ2) is 6.18. The van der Waals surface area contributed by atoms with Gasteiger partial charge in [0.1, 0.15) is 11.5 Å². The SMILES string of the molecule is Oc1ccccc1CN(c1cccnc1)c1ccccc1O. The van der Waals surface area contributed by atoms with Gasteiger partial charge in [-0.1, -0.05) is 30.3 Å². The summed E-state index contributed by atoms with van der Waals surface area (Å²) in [5.74, 6) is 0.411. The average Bonchev–Trinajstić information content (AvgIpc) is 2.56. The third kappa shape index (κ3) is 2.86. The highest BCUT2D eigenvalue weighted by Crippen LogP contribution is 2.34. The molecule has 0 aliphatic carbocycles. The summed E-state index contributed by atoms with van der Waals surface area (Å²) < 4.78 is 0. The van der Waals surface area contributed by atoms with Gasteiger partial charge in [0, 0.05) is 11.8 Å². The van der Waals surface area contributed by atoms with Gasteiger partial charge in [-0.25, -0.2) is 0 Å². The molecule has 0 atom stereocenters. The van der Waals surface area contributed by atoms with E-state index in [9.17, 15) is 10.2 Å². The molecule has 0 spiro atoms. The smallest absolute Gasteiger partial charge is 0.139 e. The Hall–Kier alpha value is -3.01. The van der Waals surface area contributed by atoms with Crippen LogP contribution in [0.1, 0.15) is 5.56 Å². The molecule has 4 heteroatoms.